The Morgan fingerprint density at radius 1 is 1.53 bits per heavy atom. The van der Waals surface area contributed by atoms with Crippen LogP contribution < -0.4 is 11.1 Å². The first-order chi connectivity index (χ1) is 7.85. The minimum atomic E-state index is -0.356. The summed E-state index contributed by atoms with van der Waals surface area (Å²) in [4.78, 5) is 12.0. The highest BCUT2D eigenvalue weighted by atomic mass is 16.2. The third-order valence-electron chi connectivity index (χ3n) is 4.11. The van der Waals surface area contributed by atoms with Gasteiger partial charge in [-0.2, -0.15) is 0 Å². The van der Waals surface area contributed by atoms with E-state index in [0.29, 0.717) is 11.5 Å². The Balaban J connectivity index is 2.46. The highest BCUT2D eigenvalue weighted by Gasteiger charge is 2.30. The topological polar surface area (TPSA) is 55.1 Å². The SMILES string of the molecule is CCC(C)C(N)C(=O)NC1CCCC(C)(C)C1. The second-order valence-electron chi connectivity index (χ2n) is 6.38. The van der Waals surface area contributed by atoms with Crippen molar-refractivity contribution in [1.82, 2.24) is 5.32 Å². The van der Waals surface area contributed by atoms with Crippen LogP contribution in [0.25, 0.3) is 0 Å². The molecule has 0 heterocycles. The van der Waals surface area contributed by atoms with Crippen LogP contribution in [0.3, 0.4) is 0 Å². The van der Waals surface area contributed by atoms with E-state index in [2.05, 4.69) is 26.1 Å². The van der Waals surface area contributed by atoms with E-state index in [1.165, 1.54) is 12.8 Å². The van der Waals surface area contributed by atoms with Gasteiger partial charge in [0.25, 0.3) is 0 Å². The molecule has 3 heteroatoms. The summed E-state index contributed by atoms with van der Waals surface area (Å²) in [6, 6.07) is -0.0357. The molecule has 1 aliphatic carbocycles. The summed E-state index contributed by atoms with van der Waals surface area (Å²) in [5, 5.41) is 3.13. The molecular formula is C14H28N2O. The van der Waals surface area contributed by atoms with Crippen molar-refractivity contribution in [3.8, 4) is 0 Å². The molecule has 3 atom stereocenters. The number of carbonyl (C=O) groups is 1. The summed E-state index contributed by atoms with van der Waals surface area (Å²) < 4.78 is 0. The van der Waals surface area contributed by atoms with Crippen LogP contribution in [0.4, 0.5) is 0 Å². The molecule has 0 aliphatic heterocycles. The van der Waals surface area contributed by atoms with Gasteiger partial charge >= 0.3 is 0 Å². The molecule has 1 amide bonds. The van der Waals surface area contributed by atoms with Gasteiger partial charge in [-0.15, -0.1) is 0 Å². The minimum Gasteiger partial charge on any atom is -0.352 e. The molecule has 1 fully saturated rings. The first-order valence-corrected chi connectivity index (χ1v) is 6.91. The van der Waals surface area contributed by atoms with Crippen LogP contribution in [-0.2, 0) is 4.79 Å². The summed E-state index contributed by atoms with van der Waals surface area (Å²) in [7, 11) is 0. The average Bonchev–Trinajstić information content (AvgIpc) is 2.25. The summed E-state index contributed by atoms with van der Waals surface area (Å²) in [6.45, 7) is 8.66. The molecule has 0 bridgehead atoms. The molecular weight excluding hydrogens is 212 g/mol. The summed E-state index contributed by atoms with van der Waals surface area (Å²) in [5.41, 5.74) is 6.30. The Hall–Kier alpha value is -0.570. The normalized spacial score (nSPS) is 27.2. The molecule has 0 radical (unpaired) electrons. The fourth-order valence-electron chi connectivity index (χ4n) is 2.63. The zero-order valence-electron chi connectivity index (χ0n) is 11.8. The maximum Gasteiger partial charge on any atom is 0.237 e. The zero-order chi connectivity index (χ0) is 13.1. The maximum atomic E-state index is 12.0. The molecule has 0 aromatic rings. The number of nitrogens with two attached hydrogens (primary N) is 1. The molecule has 0 aromatic heterocycles. The Morgan fingerprint density at radius 3 is 2.71 bits per heavy atom. The van der Waals surface area contributed by atoms with E-state index >= 15 is 0 Å². The first-order valence-electron chi connectivity index (χ1n) is 6.91. The van der Waals surface area contributed by atoms with Gasteiger partial charge in [0.2, 0.25) is 5.91 Å². The molecule has 3 N–H and O–H groups in total. The predicted octanol–water partition coefficient (Wildman–Crippen LogP) is 2.44. The van der Waals surface area contributed by atoms with Crippen molar-refractivity contribution in [1.29, 1.82) is 0 Å². The van der Waals surface area contributed by atoms with E-state index in [-0.39, 0.29) is 17.9 Å². The van der Waals surface area contributed by atoms with Gasteiger partial charge in [-0.05, 0) is 30.6 Å². The Morgan fingerprint density at radius 2 is 2.18 bits per heavy atom. The van der Waals surface area contributed by atoms with Crippen molar-refractivity contribution in [3.05, 3.63) is 0 Å². The molecule has 0 aromatic carbocycles. The molecule has 17 heavy (non-hydrogen) atoms. The number of nitrogens with one attached hydrogen (secondary N) is 1. The third-order valence-corrected chi connectivity index (χ3v) is 4.11. The second kappa shape index (κ2) is 5.85. The van der Waals surface area contributed by atoms with Crippen LogP contribution in [-0.4, -0.2) is 18.0 Å². The molecule has 0 saturated heterocycles. The van der Waals surface area contributed by atoms with Crippen molar-refractivity contribution in [2.45, 2.75) is 71.9 Å². The molecule has 1 rings (SSSR count). The lowest BCUT2D eigenvalue weighted by molar-refractivity contribution is -0.124. The van der Waals surface area contributed by atoms with Crippen molar-refractivity contribution < 1.29 is 4.79 Å². The highest BCUT2D eigenvalue weighted by Crippen LogP contribution is 2.35. The van der Waals surface area contributed by atoms with E-state index in [1.54, 1.807) is 0 Å². The lowest BCUT2D eigenvalue weighted by Gasteiger charge is -2.36. The van der Waals surface area contributed by atoms with Crippen LogP contribution >= 0.6 is 0 Å². The van der Waals surface area contributed by atoms with E-state index in [9.17, 15) is 4.79 Å². The van der Waals surface area contributed by atoms with E-state index in [1.807, 2.05) is 6.92 Å². The minimum absolute atomic E-state index is 0.0297. The molecule has 3 nitrogen and oxygen atoms in total. The number of amides is 1. The largest absolute Gasteiger partial charge is 0.352 e. The van der Waals surface area contributed by atoms with Crippen LogP contribution in [0.5, 0.6) is 0 Å². The van der Waals surface area contributed by atoms with Gasteiger partial charge in [0.1, 0.15) is 0 Å². The van der Waals surface area contributed by atoms with Gasteiger partial charge < -0.3 is 11.1 Å². The van der Waals surface area contributed by atoms with Crippen LogP contribution in [0, 0.1) is 11.3 Å². The van der Waals surface area contributed by atoms with Gasteiger partial charge in [0.05, 0.1) is 6.04 Å². The van der Waals surface area contributed by atoms with E-state index in [4.69, 9.17) is 5.73 Å². The summed E-state index contributed by atoms with van der Waals surface area (Å²) >= 11 is 0. The van der Waals surface area contributed by atoms with Crippen molar-refractivity contribution in [3.63, 3.8) is 0 Å². The molecule has 3 unspecified atom stereocenters. The van der Waals surface area contributed by atoms with Crippen molar-refractivity contribution in [2.24, 2.45) is 17.1 Å². The lowest BCUT2D eigenvalue weighted by Crippen LogP contribution is -2.50. The van der Waals surface area contributed by atoms with Gasteiger partial charge in [0, 0.05) is 6.04 Å². The molecule has 100 valence electrons. The summed E-state index contributed by atoms with van der Waals surface area (Å²) in [6.07, 6.45) is 5.59. The van der Waals surface area contributed by atoms with E-state index in [0.717, 1.165) is 19.3 Å². The zero-order valence-corrected chi connectivity index (χ0v) is 11.8. The first kappa shape index (κ1) is 14.5. The Kier molecular flexibility index (Phi) is 4.99. The van der Waals surface area contributed by atoms with Gasteiger partial charge in [-0.25, -0.2) is 0 Å². The predicted molar refractivity (Wildman–Crippen MR) is 71.6 cm³/mol. The van der Waals surface area contributed by atoms with Crippen LogP contribution in [0.15, 0.2) is 0 Å². The standard InChI is InChI=1S/C14H28N2O/c1-5-10(2)12(15)13(17)16-11-7-6-8-14(3,4)9-11/h10-12H,5-9,15H2,1-4H3,(H,16,17). The molecule has 1 saturated carbocycles. The summed E-state index contributed by atoms with van der Waals surface area (Å²) in [5.74, 6) is 0.286. The maximum absolute atomic E-state index is 12.0. The second-order valence-corrected chi connectivity index (χ2v) is 6.38. The molecule has 0 spiro atoms. The van der Waals surface area contributed by atoms with Gasteiger partial charge in [0.15, 0.2) is 0 Å². The smallest absolute Gasteiger partial charge is 0.237 e. The van der Waals surface area contributed by atoms with Gasteiger partial charge in [-0.3, -0.25) is 4.79 Å². The van der Waals surface area contributed by atoms with Gasteiger partial charge in [-0.1, -0.05) is 40.5 Å². The number of rotatable bonds is 4. The van der Waals surface area contributed by atoms with Crippen molar-refractivity contribution >= 4 is 5.91 Å². The van der Waals surface area contributed by atoms with Crippen molar-refractivity contribution in [2.75, 3.05) is 0 Å². The van der Waals surface area contributed by atoms with Crippen LogP contribution in [0.1, 0.15) is 59.8 Å². The fourth-order valence-corrected chi connectivity index (χ4v) is 2.63. The number of hydrogen-bond acceptors (Lipinski definition) is 2. The number of hydrogen-bond donors (Lipinski definition) is 2. The Labute approximate surface area is 106 Å². The monoisotopic (exact) mass is 240 g/mol. The van der Waals surface area contributed by atoms with Crippen LogP contribution in [0.2, 0.25) is 0 Å². The highest BCUT2D eigenvalue weighted by molar-refractivity contribution is 5.82. The number of carbonyl (C=O) groups excluding carboxylic acids is 1. The Bertz CT molecular complexity index is 263. The quantitative estimate of drug-likeness (QED) is 0.793. The van der Waals surface area contributed by atoms with E-state index < -0.39 is 0 Å². The third kappa shape index (κ3) is 4.30. The fraction of sp³-hybridized carbons (Fsp3) is 0.929. The average molecular weight is 240 g/mol. The molecule has 1 aliphatic rings. The lowest BCUT2D eigenvalue weighted by atomic mass is 9.75.